The largest absolute Gasteiger partial charge is 0.335 e. The summed E-state index contributed by atoms with van der Waals surface area (Å²) in [5, 5.41) is 0. The lowest BCUT2D eigenvalue weighted by atomic mass is 10.1. The fraction of sp³-hybridized carbons (Fsp3) is 0.200. The first-order valence-corrected chi connectivity index (χ1v) is 6.25. The Morgan fingerprint density at radius 2 is 1.76 bits per heavy atom. The minimum atomic E-state index is -0.819. The van der Waals surface area contributed by atoms with Crippen molar-refractivity contribution in [2.24, 2.45) is 4.99 Å². The van der Waals surface area contributed by atoms with Gasteiger partial charge in [-0.25, -0.2) is 13.2 Å². The number of anilines is 1. The number of aryl methyl sites for hydroxylation is 1. The molecule has 0 unspecified atom stereocenters. The Labute approximate surface area is 120 Å². The zero-order valence-electron chi connectivity index (χ0n) is 11.6. The Morgan fingerprint density at radius 1 is 1.05 bits per heavy atom. The van der Waals surface area contributed by atoms with Crippen LogP contribution in [0.15, 0.2) is 35.6 Å². The van der Waals surface area contributed by atoms with Crippen LogP contribution in [-0.4, -0.2) is 18.4 Å². The monoisotopic (exact) mass is 293 g/mol. The van der Waals surface area contributed by atoms with Crippen LogP contribution in [0.5, 0.6) is 0 Å². The van der Waals surface area contributed by atoms with Crippen molar-refractivity contribution in [3.63, 3.8) is 0 Å². The first kappa shape index (κ1) is 15.0. The van der Waals surface area contributed by atoms with Crippen LogP contribution in [0.4, 0.5) is 18.9 Å². The van der Waals surface area contributed by atoms with E-state index in [2.05, 4.69) is 9.98 Å². The molecule has 6 heteroatoms. The number of aliphatic imine (C=N–C) groups is 1. The Kier molecular flexibility index (Phi) is 4.57. The van der Waals surface area contributed by atoms with Gasteiger partial charge in [0.15, 0.2) is 11.6 Å². The molecule has 3 nitrogen and oxygen atoms in total. The van der Waals surface area contributed by atoms with Crippen molar-refractivity contribution in [2.75, 3.05) is 11.9 Å². The van der Waals surface area contributed by atoms with Gasteiger partial charge in [-0.05, 0) is 24.6 Å². The normalized spacial score (nSPS) is 12.5. The topological polar surface area (TPSA) is 28.5 Å². The molecule has 2 aromatic rings. The Balaban J connectivity index is 0.000000173. The van der Waals surface area contributed by atoms with E-state index in [-0.39, 0.29) is 5.82 Å². The van der Waals surface area contributed by atoms with Crippen molar-refractivity contribution < 1.29 is 13.2 Å². The van der Waals surface area contributed by atoms with Crippen LogP contribution in [0.2, 0.25) is 0 Å². The van der Waals surface area contributed by atoms with Crippen molar-refractivity contribution in [2.45, 2.75) is 13.5 Å². The van der Waals surface area contributed by atoms with Crippen LogP contribution in [-0.2, 0) is 6.54 Å². The van der Waals surface area contributed by atoms with Gasteiger partial charge in [0.25, 0.3) is 0 Å². The summed E-state index contributed by atoms with van der Waals surface area (Å²) in [4.78, 5) is 9.26. The third-order valence-electron chi connectivity index (χ3n) is 2.86. The molecule has 0 atom stereocenters. The molecular formula is C15H14F3N3. The van der Waals surface area contributed by atoms with Crippen LogP contribution in [0, 0.1) is 24.4 Å². The summed E-state index contributed by atoms with van der Waals surface area (Å²) in [6.45, 7) is 2.22. The van der Waals surface area contributed by atoms with E-state index >= 15 is 0 Å². The van der Waals surface area contributed by atoms with Gasteiger partial charge in [0.1, 0.15) is 5.82 Å². The van der Waals surface area contributed by atoms with E-state index in [0.717, 1.165) is 5.56 Å². The van der Waals surface area contributed by atoms with Crippen molar-refractivity contribution >= 4 is 12.0 Å². The Hall–Kier alpha value is -2.37. The molecule has 1 aliphatic rings. The maximum absolute atomic E-state index is 12.8. The van der Waals surface area contributed by atoms with Gasteiger partial charge in [-0.1, -0.05) is 0 Å². The van der Waals surface area contributed by atoms with Gasteiger partial charge in [0, 0.05) is 30.6 Å². The highest BCUT2D eigenvalue weighted by Crippen LogP contribution is 2.25. The van der Waals surface area contributed by atoms with Crippen LogP contribution in [0.25, 0.3) is 0 Å². The number of halogens is 3. The second kappa shape index (κ2) is 6.39. The molecule has 1 aliphatic heterocycles. The Morgan fingerprint density at radius 3 is 2.38 bits per heavy atom. The average molecular weight is 293 g/mol. The summed E-state index contributed by atoms with van der Waals surface area (Å²) in [7, 11) is 1.75. The molecule has 1 aromatic heterocycles. The van der Waals surface area contributed by atoms with E-state index in [0.29, 0.717) is 17.8 Å². The lowest BCUT2D eigenvalue weighted by molar-refractivity contribution is 0.507. The molecular weight excluding hydrogens is 279 g/mol. The van der Waals surface area contributed by atoms with Crippen molar-refractivity contribution in [3.8, 4) is 0 Å². The summed E-state index contributed by atoms with van der Waals surface area (Å²) in [5.41, 5.74) is 2.24. The molecule has 0 saturated carbocycles. The van der Waals surface area contributed by atoms with E-state index in [1.807, 2.05) is 0 Å². The first-order valence-electron chi connectivity index (χ1n) is 6.25. The standard InChI is InChI=1S/C9H8F2N2.C6H6FN/c1-13-5-12-4-6-2-7(10)8(11)3-9(6)13;1-5-2-6(7)4-8-3-5/h2-3,5H,4H2,1H3;2-4H,1H3. The summed E-state index contributed by atoms with van der Waals surface area (Å²) in [6.07, 6.45) is 4.40. The second-order valence-electron chi connectivity index (χ2n) is 4.64. The van der Waals surface area contributed by atoms with Crippen LogP contribution in [0.1, 0.15) is 11.1 Å². The van der Waals surface area contributed by atoms with Crippen LogP contribution >= 0.6 is 0 Å². The average Bonchev–Trinajstić information content (AvgIpc) is 2.42. The fourth-order valence-corrected chi connectivity index (χ4v) is 1.87. The molecule has 0 fully saturated rings. The van der Waals surface area contributed by atoms with Crippen LogP contribution < -0.4 is 4.90 Å². The molecule has 0 radical (unpaired) electrons. The van der Waals surface area contributed by atoms with Gasteiger partial charge < -0.3 is 4.90 Å². The third-order valence-corrected chi connectivity index (χ3v) is 2.86. The van der Waals surface area contributed by atoms with E-state index in [4.69, 9.17) is 0 Å². The smallest absolute Gasteiger partial charge is 0.160 e. The number of aromatic nitrogens is 1. The number of fused-ring (bicyclic) bond motifs is 1. The van der Waals surface area contributed by atoms with Crippen LogP contribution in [0.3, 0.4) is 0 Å². The second-order valence-corrected chi connectivity index (χ2v) is 4.64. The zero-order valence-corrected chi connectivity index (χ0v) is 11.6. The van der Waals surface area contributed by atoms with Gasteiger partial charge in [-0.2, -0.15) is 0 Å². The van der Waals surface area contributed by atoms with Crippen molar-refractivity contribution in [1.82, 2.24) is 4.98 Å². The van der Waals surface area contributed by atoms with Gasteiger partial charge in [0.05, 0.1) is 19.1 Å². The lowest BCUT2D eigenvalue weighted by Gasteiger charge is -2.21. The van der Waals surface area contributed by atoms with Crippen molar-refractivity contribution in [3.05, 3.63) is 59.2 Å². The molecule has 0 amide bonds. The minimum absolute atomic E-state index is 0.273. The fourth-order valence-electron chi connectivity index (χ4n) is 1.87. The van der Waals surface area contributed by atoms with E-state index in [1.165, 1.54) is 24.4 Å². The minimum Gasteiger partial charge on any atom is -0.335 e. The maximum Gasteiger partial charge on any atom is 0.160 e. The van der Waals surface area contributed by atoms with Gasteiger partial charge in [-0.15, -0.1) is 0 Å². The predicted octanol–water partition coefficient (Wildman–Crippen LogP) is 3.47. The number of pyridine rings is 1. The quantitative estimate of drug-likeness (QED) is 0.744. The molecule has 1 aromatic carbocycles. The summed E-state index contributed by atoms with van der Waals surface area (Å²) < 4.78 is 37.7. The Bertz CT molecular complexity index is 654. The predicted molar refractivity (Wildman–Crippen MR) is 75.9 cm³/mol. The molecule has 0 N–H and O–H groups in total. The molecule has 0 saturated heterocycles. The summed E-state index contributed by atoms with van der Waals surface area (Å²) >= 11 is 0. The van der Waals surface area contributed by atoms with Gasteiger partial charge >= 0.3 is 0 Å². The number of hydrogen-bond acceptors (Lipinski definition) is 3. The number of hydrogen-bond donors (Lipinski definition) is 0. The van der Waals surface area contributed by atoms with Gasteiger partial charge in [0.2, 0.25) is 0 Å². The molecule has 110 valence electrons. The summed E-state index contributed by atoms with van der Waals surface area (Å²) in [6, 6.07) is 3.82. The molecule has 3 rings (SSSR count). The highest BCUT2D eigenvalue weighted by molar-refractivity contribution is 5.82. The lowest BCUT2D eigenvalue weighted by Crippen LogP contribution is -2.20. The van der Waals surface area contributed by atoms with E-state index in [1.54, 1.807) is 31.4 Å². The highest BCUT2D eigenvalue weighted by atomic mass is 19.2. The maximum atomic E-state index is 12.8. The molecule has 21 heavy (non-hydrogen) atoms. The molecule has 0 bridgehead atoms. The van der Waals surface area contributed by atoms with Gasteiger partial charge in [-0.3, -0.25) is 9.98 Å². The van der Waals surface area contributed by atoms with E-state index < -0.39 is 11.6 Å². The molecule has 0 aliphatic carbocycles. The van der Waals surface area contributed by atoms with Crippen molar-refractivity contribution in [1.29, 1.82) is 0 Å². The molecule has 0 spiro atoms. The SMILES string of the molecule is CN1C=NCc2cc(F)c(F)cc21.Cc1cncc(F)c1. The molecule has 2 heterocycles. The highest BCUT2D eigenvalue weighted by Gasteiger charge is 2.14. The summed E-state index contributed by atoms with van der Waals surface area (Å²) in [5.74, 6) is -1.91. The number of benzene rings is 1. The van der Waals surface area contributed by atoms with E-state index in [9.17, 15) is 13.2 Å². The third kappa shape index (κ3) is 3.81. The number of rotatable bonds is 0. The zero-order chi connectivity index (χ0) is 15.4. The number of nitrogens with zero attached hydrogens (tertiary/aromatic N) is 3. The first-order chi connectivity index (χ1) is 9.97.